The number of hydrogen-bond donors (Lipinski definition) is 3. The number of hydrogen-bond acceptors (Lipinski definition) is 3. The molecule has 0 spiro atoms. The average Bonchev–Trinajstić information content (AvgIpc) is 2.87. The lowest BCUT2D eigenvalue weighted by molar-refractivity contribution is 0.0956. The Morgan fingerprint density at radius 1 is 1.20 bits per heavy atom. The summed E-state index contributed by atoms with van der Waals surface area (Å²) in [7, 11) is 0. The highest BCUT2D eigenvalue weighted by molar-refractivity contribution is 6.13. The van der Waals surface area contributed by atoms with Gasteiger partial charge in [0, 0.05) is 24.0 Å². The van der Waals surface area contributed by atoms with E-state index in [1.807, 2.05) is 0 Å². The molecule has 0 aliphatic heterocycles. The summed E-state index contributed by atoms with van der Waals surface area (Å²) in [5.41, 5.74) is 2.33. The lowest BCUT2D eigenvalue weighted by Gasteiger charge is -2.11. The molecule has 0 saturated carbocycles. The number of phenols is 1. The van der Waals surface area contributed by atoms with Crippen LogP contribution >= 0.6 is 0 Å². The van der Waals surface area contributed by atoms with Crippen LogP contribution in [0.5, 0.6) is 5.75 Å². The van der Waals surface area contributed by atoms with Crippen LogP contribution in [0.25, 0.3) is 0 Å². The van der Waals surface area contributed by atoms with E-state index in [1.54, 1.807) is 18.3 Å². The predicted octanol–water partition coefficient (Wildman–Crippen LogP) is 2.49. The van der Waals surface area contributed by atoms with E-state index in [2.05, 4.69) is 10.3 Å². The van der Waals surface area contributed by atoms with Crippen LogP contribution in [0.15, 0.2) is 30.5 Å². The second-order valence-corrected chi connectivity index (χ2v) is 4.83. The van der Waals surface area contributed by atoms with Gasteiger partial charge in [-0.25, -0.2) is 0 Å². The second-order valence-electron chi connectivity index (χ2n) is 4.83. The van der Waals surface area contributed by atoms with E-state index >= 15 is 0 Å². The number of carbonyl (C=O) groups is 2. The van der Waals surface area contributed by atoms with Gasteiger partial charge in [0.2, 0.25) is 0 Å². The molecule has 20 heavy (non-hydrogen) atoms. The summed E-state index contributed by atoms with van der Waals surface area (Å²) in [6.07, 6.45) is 3.70. The Hall–Kier alpha value is -2.56. The highest BCUT2D eigenvalue weighted by atomic mass is 16.3. The molecule has 1 aromatic carbocycles. The first-order chi connectivity index (χ1) is 9.65. The Morgan fingerprint density at radius 3 is 2.70 bits per heavy atom. The molecule has 5 heteroatoms. The van der Waals surface area contributed by atoms with E-state index in [-0.39, 0.29) is 17.4 Å². The summed E-state index contributed by atoms with van der Waals surface area (Å²) < 4.78 is 0. The molecule has 1 aliphatic carbocycles. The summed E-state index contributed by atoms with van der Waals surface area (Å²) in [5.74, 6) is -0.163. The minimum atomic E-state index is -0.316. The number of rotatable bonds is 2. The molecule has 0 saturated heterocycles. The van der Waals surface area contributed by atoms with Gasteiger partial charge in [0.25, 0.3) is 5.91 Å². The number of aromatic nitrogens is 1. The van der Waals surface area contributed by atoms with Crippen molar-refractivity contribution in [3.8, 4) is 5.75 Å². The van der Waals surface area contributed by atoms with Gasteiger partial charge in [0.1, 0.15) is 5.75 Å². The molecular formula is C15H14N2O3. The molecule has 3 N–H and O–H groups in total. The third kappa shape index (κ3) is 2.18. The highest BCUT2D eigenvalue weighted by Gasteiger charge is 2.25. The molecule has 0 unspecified atom stereocenters. The first-order valence-electron chi connectivity index (χ1n) is 6.49. The number of aryl methyl sites for hydroxylation is 1. The fourth-order valence-electron chi connectivity index (χ4n) is 2.45. The van der Waals surface area contributed by atoms with E-state index in [0.717, 1.165) is 18.5 Å². The van der Waals surface area contributed by atoms with Crippen LogP contribution < -0.4 is 5.32 Å². The van der Waals surface area contributed by atoms with E-state index in [0.29, 0.717) is 23.2 Å². The number of amides is 1. The minimum absolute atomic E-state index is 0.0170. The molecule has 2 aromatic rings. The van der Waals surface area contributed by atoms with E-state index in [4.69, 9.17) is 0 Å². The summed E-state index contributed by atoms with van der Waals surface area (Å²) in [4.78, 5) is 27.2. The smallest absolute Gasteiger partial charge is 0.257 e. The van der Waals surface area contributed by atoms with Crippen molar-refractivity contribution < 1.29 is 14.7 Å². The summed E-state index contributed by atoms with van der Waals surface area (Å²) in [6.45, 7) is 0. The number of Topliss-reactive ketones (excluding diaryl/α,β-unsaturated/α-hetero) is 1. The summed E-state index contributed by atoms with van der Waals surface area (Å²) in [6, 6.07) is 6.20. The van der Waals surface area contributed by atoms with Crippen LogP contribution in [0.4, 0.5) is 5.69 Å². The minimum Gasteiger partial charge on any atom is -0.508 e. The number of fused-ring (bicyclic) bond motifs is 1. The molecule has 0 radical (unpaired) electrons. The van der Waals surface area contributed by atoms with Crippen LogP contribution in [-0.4, -0.2) is 21.8 Å². The molecule has 5 nitrogen and oxygen atoms in total. The lowest BCUT2D eigenvalue weighted by Crippen LogP contribution is -2.17. The predicted molar refractivity (Wildman–Crippen MR) is 74.1 cm³/mol. The standard InChI is InChI=1S/C15H14N2O3/c18-10-6-4-9(5-7-10)17-15(20)11-8-16-12-2-1-3-13(19)14(11)12/h4-8,16,18H,1-3H2,(H,17,20). The Bertz CT molecular complexity index is 671. The second kappa shape index (κ2) is 4.85. The Labute approximate surface area is 115 Å². The maximum absolute atomic E-state index is 12.2. The van der Waals surface area contributed by atoms with E-state index in [1.165, 1.54) is 12.1 Å². The topological polar surface area (TPSA) is 82.2 Å². The van der Waals surface area contributed by atoms with Crippen LogP contribution in [0.2, 0.25) is 0 Å². The molecule has 1 aromatic heterocycles. The van der Waals surface area contributed by atoms with Gasteiger partial charge in [-0.05, 0) is 37.1 Å². The molecule has 102 valence electrons. The molecule has 1 aliphatic rings. The normalized spacial score (nSPS) is 13.9. The number of nitrogens with one attached hydrogen (secondary N) is 2. The number of phenolic OH excluding ortho intramolecular Hbond substituents is 1. The number of ketones is 1. The lowest BCUT2D eigenvalue weighted by atomic mass is 9.93. The van der Waals surface area contributed by atoms with Gasteiger partial charge in [-0.2, -0.15) is 0 Å². The molecule has 0 atom stereocenters. The van der Waals surface area contributed by atoms with Crippen LogP contribution in [0.3, 0.4) is 0 Å². The summed E-state index contributed by atoms with van der Waals surface area (Å²) >= 11 is 0. The fourth-order valence-corrected chi connectivity index (χ4v) is 2.45. The first-order valence-corrected chi connectivity index (χ1v) is 6.49. The van der Waals surface area contributed by atoms with Gasteiger partial charge in [-0.1, -0.05) is 0 Å². The van der Waals surface area contributed by atoms with E-state index < -0.39 is 0 Å². The van der Waals surface area contributed by atoms with Gasteiger partial charge in [-0.15, -0.1) is 0 Å². The van der Waals surface area contributed by atoms with Gasteiger partial charge >= 0.3 is 0 Å². The monoisotopic (exact) mass is 270 g/mol. The first kappa shape index (κ1) is 12.5. The number of benzene rings is 1. The number of anilines is 1. The van der Waals surface area contributed by atoms with Crippen molar-refractivity contribution in [3.05, 3.63) is 47.3 Å². The van der Waals surface area contributed by atoms with Gasteiger partial charge < -0.3 is 15.4 Å². The molecule has 0 bridgehead atoms. The maximum atomic E-state index is 12.2. The van der Waals surface area contributed by atoms with Crippen LogP contribution in [0, 0.1) is 0 Å². The Balaban J connectivity index is 1.86. The van der Waals surface area contributed by atoms with E-state index in [9.17, 15) is 14.7 Å². The van der Waals surface area contributed by atoms with Crippen molar-refractivity contribution in [2.45, 2.75) is 19.3 Å². The van der Waals surface area contributed by atoms with Gasteiger partial charge in [0.05, 0.1) is 11.1 Å². The number of aromatic amines is 1. The maximum Gasteiger partial charge on any atom is 0.257 e. The van der Waals surface area contributed by atoms with Crippen molar-refractivity contribution in [1.82, 2.24) is 4.98 Å². The van der Waals surface area contributed by atoms with Crippen molar-refractivity contribution in [1.29, 1.82) is 0 Å². The molecule has 0 fully saturated rings. The number of aromatic hydroxyl groups is 1. The Kier molecular flexibility index (Phi) is 3.02. The molecular weight excluding hydrogens is 256 g/mol. The fraction of sp³-hybridized carbons (Fsp3) is 0.200. The molecule has 3 rings (SSSR count). The zero-order chi connectivity index (χ0) is 14.1. The average molecular weight is 270 g/mol. The Morgan fingerprint density at radius 2 is 1.95 bits per heavy atom. The van der Waals surface area contributed by atoms with Crippen LogP contribution in [0.1, 0.15) is 39.3 Å². The largest absolute Gasteiger partial charge is 0.508 e. The molecule has 1 amide bonds. The van der Waals surface area contributed by atoms with Crippen molar-refractivity contribution in [3.63, 3.8) is 0 Å². The number of carbonyl (C=O) groups excluding carboxylic acids is 2. The zero-order valence-corrected chi connectivity index (χ0v) is 10.8. The van der Waals surface area contributed by atoms with Gasteiger partial charge in [-0.3, -0.25) is 9.59 Å². The zero-order valence-electron chi connectivity index (χ0n) is 10.8. The third-order valence-corrected chi connectivity index (χ3v) is 3.44. The van der Waals surface area contributed by atoms with Crippen molar-refractivity contribution >= 4 is 17.4 Å². The van der Waals surface area contributed by atoms with Gasteiger partial charge in [0.15, 0.2) is 5.78 Å². The van der Waals surface area contributed by atoms with Crippen molar-refractivity contribution in [2.24, 2.45) is 0 Å². The number of H-pyrrole nitrogens is 1. The van der Waals surface area contributed by atoms with Crippen molar-refractivity contribution in [2.75, 3.05) is 5.32 Å². The third-order valence-electron chi connectivity index (χ3n) is 3.44. The molecule has 1 heterocycles. The summed E-state index contributed by atoms with van der Waals surface area (Å²) in [5, 5.41) is 11.9. The quantitative estimate of drug-likeness (QED) is 0.733. The highest BCUT2D eigenvalue weighted by Crippen LogP contribution is 2.25. The van der Waals surface area contributed by atoms with Crippen LogP contribution in [-0.2, 0) is 6.42 Å². The SMILES string of the molecule is O=C(Nc1ccc(O)cc1)c1c[nH]c2c1C(=O)CCC2.